The van der Waals surface area contributed by atoms with E-state index in [-0.39, 0.29) is 18.0 Å². The van der Waals surface area contributed by atoms with Gasteiger partial charge < -0.3 is 13.9 Å². The molecule has 0 spiro atoms. The summed E-state index contributed by atoms with van der Waals surface area (Å²) >= 11 is 0. The lowest BCUT2D eigenvalue weighted by Gasteiger charge is -2.16. The molecule has 0 fully saturated rings. The Hall–Kier alpha value is -5.24. The molecular weight excluding hydrogens is 506 g/mol. The summed E-state index contributed by atoms with van der Waals surface area (Å²) in [5, 5.41) is 7.72. The predicted octanol–water partition coefficient (Wildman–Crippen LogP) is 6.18. The summed E-state index contributed by atoms with van der Waals surface area (Å²) in [6, 6.07) is 28.0. The number of nitrogens with zero attached hydrogens (tertiary/aromatic N) is 3. The van der Waals surface area contributed by atoms with Gasteiger partial charge in [-0.1, -0.05) is 60.7 Å². The third-order valence-corrected chi connectivity index (χ3v) is 6.55. The molecule has 0 N–H and O–H groups in total. The lowest BCUT2D eigenvalue weighted by molar-refractivity contribution is -0.150. The average molecular weight is 532 g/mol. The van der Waals surface area contributed by atoms with Crippen molar-refractivity contribution in [2.45, 2.75) is 20.0 Å². The van der Waals surface area contributed by atoms with Crippen molar-refractivity contribution in [1.82, 2.24) is 9.66 Å². The van der Waals surface area contributed by atoms with E-state index in [0.29, 0.717) is 33.6 Å². The summed E-state index contributed by atoms with van der Waals surface area (Å²) in [5.74, 6) is 0.626. The van der Waals surface area contributed by atoms with Crippen molar-refractivity contribution >= 4 is 44.8 Å². The van der Waals surface area contributed by atoms with Gasteiger partial charge in [0, 0.05) is 10.9 Å². The summed E-state index contributed by atoms with van der Waals surface area (Å²) in [4.78, 5) is 30.8. The van der Waals surface area contributed by atoms with Crippen LogP contribution in [0.4, 0.5) is 0 Å². The Balaban J connectivity index is 1.53. The lowest BCUT2D eigenvalue weighted by atomic mass is 10.0. The van der Waals surface area contributed by atoms with Crippen LogP contribution in [0.1, 0.15) is 19.4 Å². The standard InChI is InChI=1S/C32H25N3O5/c1-3-38-32(37)20(2)39-28-17-16-21-10-4-6-12-23(21)25(28)19-33-35-30(29-18-22-11-5-9-15-27(22)40-29)34-26-14-8-7-13-24(26)31(35)36/h4-20H,3H2,1-2H3/t20-/m1/s1. The first-order valence-corrected chi connectivity index (χ1v) is 12.9. The van der Waals surface area contributed by atoms with Crippen molar-refractivity contribution in [2.24, 2.45) is 5.10 Å². The number of ether oxygens (including phenoxy) is 2. The van der Waals surface area contributed by atoms with Gasteiger partial charge in [0.2, 0.25) is 5.82 Å². The minimum atomic E-state index is -0.843. The summed E-state index contributed by atoms with van der Waals surface area (Å²) < 4.78 is 18.5. The van der Waals surface area contributed by atoms with E-state index in [2.05, 4.69) is 5.10 Å². The van der Waals surface area contributed by atoms with Gasteiger partial charge >= 0.3 is 5.97 Å². The third-order valence-electron chi connectivity index (χ3n) is 6.55. The number of aromatic nitrogens is 2. The first kappa shape index (κ1) is 25.1. The van der Waals surface area contributed by atoms with E-state index in [1.807, 2.05) is 66.7 Å². The number of benzene rings is 4. The van der Waals surface area contributed by atoms with E-state index >= 15 is 0 Å². The number of hydrogen-bond acceptors (Lipinski definition) is 7. The first-order valence-electron chi connectivity index (χ1n) is 12.9. The van der Waals surface area contributed by atoms with Crippen molar-refractivity contribution < 1.29 is 18.7 Å². The maximum atomic E-state index is 13.7. The van der Waals surface area contributed by atoms with E-state index in [9.17, 15) is 9.59 Å². The molecule has 8 heteroatoms. The molecule has 0 aliphatic heterocycles. The fraction of sp³-hybridized carbons (Fsp3) is 0.125. The predicted molar refractivity (Wildman–Crippen MR) is 155 cm³/mol. The van der Waals surface area contributed by atoms with Crippen LogP contribution in [-0.4, -0.2) is 34.6 Å². The highest BCUT2D eigenvalue weighted by atomic mass is 16.6. The van der Waals surface area contributed by atoms with Crippen LogP contribution in [0.3, 0.4) is 0 Å². The molecule has 0 aliphatic rings. The minimum Gasteiger partial charge on any atom is -0.478 e. The van der Waals surface area contributed by atoms with Gasteiger partial charge in [-0.3, -0.25) is 4.79 Å². The molecule has 4 aromatic carbocycles. The zero-order valence-electron chi connectivity index (χ0n) is 21.9. The molecule has 2 aromatic heterocycles. The topological polar surface area (TPSA) is 95.9 Å². The number of furan rings is 1. The highest BCUT2D eigenvalue weighted by Crippen LogP contribution is 2.29. The number of hydrogen-bond donors (Lipinski definition) is 0. The molecule has 0 saturated heterocycles. The molecular formula is C32H25N3O5. The summed E-state index contributed by atoms with van der Waals surface area (Å²) in [6.07, 6.45) is 0.712. The fourth-order valence-corrected chi connectivity index (χ4v) is 4.61. The number of rotatable bonds is 7. The van der Waals surface area contributed by atoms with E-state index in [1.165, 1.54) is 4.68 Å². The normalized spacial score (nSPS) is 12.3. The van der Waals surface area contributed by atoms with Crippen LogP contribution < -0.4 is 10.3 Å². The van der Waals surface area contributed by atoms with E-state index in [1.54, 1.807) is 44.3 Å². The van der Waals surface area contributed by atoms with Gasteiger partial charge in [-0.15, -0.1) is 0 Å². The van der Waals surface area contributed by atoms with Crippen LogP contribution in [0.2, 0.25) is 0 Å². The lowest BCUT2D eigenvalue weighted by Crippen LogP contribution is -2.26. The Morgan fingerprint density at radius 1 is 0.975 bits per heavy atom. The van der Waals surface area contributed by atoms with Crippen molar-refractivity contribution in [3.8, 4) is 17.3 Å². The number of carbonyl (C=O) groups is 1. The Morgan fingerprint density at radius 3 is 2.50 bits per heavy atom. The maximum absolute atomic E-state index is 13.7. The van der Waals surface area contributed by atoms with Crippen molar-refractivity contribution in [3.63, 3.8) is 0 Å². The maximum Gasteiger partial charge on any atom is 0.347 e. The van der Waals surface area contributed by atoms with Gasteiger partial charge in [0.1, 0.15) is 11.3 Å². The molecule has 0 unspecified atom stereocenters. The molecule has 6 rings (SSSR count). The van der Waals surface area contributed by atoms with Crippen LogP contribution in [0, 0.1) is 0 Å². The number of carbonyl (C=O) groups excluding carboxylic acids is 1. The second-order valence-electron chi connectivity index (χ2n) is 9.17. The molecule has 0 saturated carbocycles. The zero-order valence-corrected chi connectivity index (χ0v) is 21.9. The quantitative estimate of drug-likeness (QED) is 0.180. The van der Waals surface area contributed by atoms with Gasteiger partial charge in [-0.2, -0.15) is 9.78 Å². The van der Waals surface area contributed by atoms with E-state index in [0.717, 1.165) is 16.2 Å². The first-order chi connectivity index (χ1) is 19.5. The highest BCUT2D eigenvalue weighted by molar-refractivity contribution is 6.02. The molecule has 0 radical (unpaired) electrons. The van der Waals surface area contributed by atoms with Crippen molar-refractivity contribution in [1.29, 1.82) is 0 Å². The summed E-state index contributed by atoms with van der Waals surface area (Å²) in [5.41, 5.74) is 1.46. The summed E-state index contributed by atoms with van der Waals surface area (Å²) in [6.45, 7) is 3.63. The van der Waals surface area contributed by atoms with Crippen LogP contribution in [-0.2, 0) is 9.53 Å². The van der Waals surface area contributed by atoms with Crippen LogP contribution in [0.25, 0.3) is 44.2 Å². The van der Waals surface area contributed by atoms with Crippen LogP contribution in [0.5, 0.6) is 5.75 Å². The van der Waals surface area contributed by atoms with Crippen LogP contribution >= 0.6 is 0 Å². The molecule has 0 bridgehead atoms. The van der Waals surface area contributed by atoms with Gasteiger partial charge in [0.25, 0.3) is 5.56 Å². The van der Waals surface area contributed by atoms with Gasteiger partial charge in [0.05, 0.1) is 23.7 Å². The third kappa shape index (κ3) is 4.60. The van der Waals surface area contributed by atoms with Crippen molar-refractivity contribution in [2.75, 3.05) is 6.61 Å². The molecule has 0 amide bonds. The Bertz CT molecular complexity index is 1940. The number of para-hydroxylation sites is 2. The van der Waals surface area contributed by atoms with Crippen molar-refractivity contribution in [3.05, 3.63) is 107 Å². The molecule has 8 nitrogen and oxygen atoms in total. The molecule has 0 aliphatic carbocycles. The molecule has 1 atom stereocenters. The largest absolute Gasteiger partial charge is 0.478 e. The molecule has 6 aromatic rings. The molecule has 2 heterocycles. The smallest absolute Gasteiger partial charge is 0.347 e. The number of esters is 1. The van der Waals surface area contributed by atoms with Gasteiger partial charge in [-0.05, 0) is 55.0 Å². The van der Waals surface area contributed by atoms with Gasteiger partial charge in [-0.25, -0.2) is 9.78 Å². The highest BCUT2D eigenvalue weighted by Gasteiger charge is 2.20. The summed E-state index contributed by atoms with van der Waals surface area (Å²) in [7, 11) is 0. The average Bonchev–Trinajstić information content (AvgIpc) is 3.41. The van der Waals surface area contributed by atoms with E-state index < -0.39 is 12.1 Å². The second kappa shape index (κ2) is 10.5. The fourth-order valence-electron chi connectivity index (χ4n) is 4.61. The zero-order chi connectivity index (χ0) is 27.6. The monoisotopic (exact) mass is 531 g/mol. The Morgan fingerprint density at radius 2 is 1.70 bits per heavy atom. The van der Waals surface area contributed by atoms with Gasteiger partial charge in [0.15, 0.2) is 11.9 Å². The SMILES string of the molecule is CCOC(=O)[C@@H](C)Oc1ccc2ccccc2c1C=Nn1c(-c2cc3ccccc3o2)nc2ccccc2c1=O. The second-order valence-corrected chi connectivity index (χ2v) is 9.17. The minimum absolute atomic E-state index is 0.251. The van der Waals surface area contributed by atoms with Crippen LogP contribution in [0.15, 0.2) is 105 Å². The Labute approximate surface area is 229 Å². The number of fused-ring (bicyclic) bond motifs is 3. The molecule has 198 valence electrons. The Kier molecular flexibility index (Phi) is 6.57. The van der Waals surface area contributed by atoms with E-state index in [4.69, 9.17) is 18.9 Å². The molecule has 40 heavy (non-hydrogen) atoms.